The lowest BCUT2D eigenvalue weighted by atomic mass is 9.75. The first-order valence-electron chi connectivity index (χ1n) is 11.0. The van der Waals surface area contributed by atoms with Crippen molar-refractivity contribution in [2.45, 2.75) is 52.2 Å². The summed E-state index contributed by atoms with van der Waals surface area (Å²) >= 11 is 0. The van der Waals surface area contributed by atoms with Crippen LogP contribution in [0.25, 0.3) is 0 Å². The minimum absolute atomic E-state index is 0.161. The first-order chi connectivity index (χ1) is 13.4. The summed E-state index contributed by atoms with van der Waals surface area (Å²) in [6.07, 6.45) is 3.44. The number of hydrogen-bond acceptors (Lipinski definition) is 4. The normalized spacial score (nSPS) is 27.9. The number of rotatable bonds is 7. The summed E-state index contributed by atoms with van der Waals surface area (Å²) in [4.78, 5) is 4.35. The Morgan fingerprint density at radius 3 is 2.54 bits per heavy atom. The molecular weight excluding hydrogens is 355 g/mol. The maximum absolute atomic E-state index is 14.0. The average molecular weight is 393 g/mol. The highest BCUT2D eigenvalue weighted by molar-refractivity contribution is 5.47. The van der Waals surface area contributed by atoms with Crippen LogP contribution in [-0.2, 0) is 4.74 Å². The van der Waals surface area contributed by atoms with Gasteiger partial charge in [0, 0.05) is 32.7 Å². The molecule has 0 bridgehead atoms. The molecule has 1 aliphatic heterocycles. The molecule has 0 radical (unpaired) electrons. The zero-order chi connectivity index (χ0) is 20.1. The predicted octanol–water partition coefficient (Wildman–Crippen LogP) is 3.79. The maximum Gasteiger partial charge on any atom is 0.146 e. The quantitative estimate of drug-likeness (QED) is 0.766. The SMILES string of the molecule is CC(C)[C@H]1CC[C@@H](C)C[C@H]1OC[C@H](O)CN1CCN(c2ccccc2F)CC1. The number of halogens is 1. The summed E-state index contributed by atoms with van der Waals surface area (Å²) in [5.74, 6) is 1.78. The fourth-order valence-electron chi connectivity index (χ4n) is 4.77. The van der Waals surface area contributed by atoms with E-state index in [1.165, 1.54) is 18.9 Å². The molecule has 1 N–H and O–H groups in total. The van der Waals surface area contributed by atoms with Gasteiger partial charge in [0.05, 0.1) is 24.5 Å². The van der Waals surface area contributed by atoms with E-state index in [9.17, 15) is 9.50 Å². The molecule has 0 amide bonds. The van der Waals surface area contributed by atoms with Crippen molar-refractivity contribution in [3.8, 4) is 0 Å². The molecule has 5 heteroatoms. The zero-order valence-corrected chi connectivity index (χ0v) is 17.7. The molecule has 1 saturated heterocycles. The Morgan fingerprint density at radius 1 is 1.14 bits per heavy atom. The largest absolute Gasteiger partial charge is 0.389 e. The number of aliphatic hydroxyl groups is 1. The van der Waals surface area contributed by atoms with Gasteiger partial charge in [0.25, 0.3) is 0 Å². The smallest absolute Gasteiger partial charge is 0.146 e. The van der Waals surface area contributed by atoms with Gasteiger partial charge in [0.2, 0.25) is 0 Å². The standard InChI is InChI=1S/C23H37FN2O2/c1-17(2)20-9-8-18(3)14-23(20)28-16-19(27)15-25-10-12-26(13-11-25)22-7-5-4-6-21(22)24/h4-7,17-20,23,27H,8-16H2,1-3H3/t18-,19-,20-,23-/m1/s1. The topological polar surface area (TPSA) is 35.9 Å². The Morgan fingerprint density at radius 2 is 1.86 bits per heavy atom. The third-order valence-electron chi connectivity index (χ3n) is 6.50. The van der Waals surface area contributed by atoms with E-state index in [1.54, 1.807) is 6.07 Å². The first-order valence-corrected chi connectivity index (χ1v) is 11.0. The van der Waals surface area contributed by atoms with Crippen molar-refractivity contribution >= 4 is 5.69 Å². The third-order valence-corrected chi connectivity index (χ3v) is 6.50. The summed E-state index contributed by atoms with van der Waals surface area (Å²) in [7, 11) is 0. The summed E-state index contributed by atoms with van der Waals surface area (Å²) in [5.41, 5.74) is 0.678. The lowest BCUT2D eigenvalue weighted by Crippen LogP contribution is -2.49. The van der Waals surface area contributed by atoms with Crippen LogP contribution in [0.3, 0.4) is 0 Å². The molecule has 158 valence electrons. The Balaban J connectivity index is 1.42. The molecule has 4 atom stereocenters. The Bertz CT molecular complexity index is 604. The predicted molar refractivity (Wildman–Crippen MR) is 112 cm³/mol. The number of aliphatic hydroxyl groups excluding tert-OH is 1. The van der Waals surface area contributed by atoms with Crippen LogP contribution in [0.2, 0.25) is 0 Å². The molecule has 0 aromatic heterocycles. The van der Waals surface area contributed by atoms with Crippen molar-refractivity contribution in [2.24, 2.45) is 17.8 Å². The Hall–Kier alpha value is -1.17. The van der Waals surface area contributed by atoms with Gasteiger partial charge in [-0.3, -0.25) is 4.90 Å². The van der Waals surface area contributed by atoms with Crippen molar-refractivity contribution in [1.82, 2.24) is 4.90 Å². The van der Waals surface area contributed by atoms with E-state index in [2.05, 4.69) is 30.6 Å². The number of piperazine rings is 1. The van der Waals surface area contributed by atoms with E-state index < -0.39 is 6.10 Å². The van der Waals surface area contributed by atoms with Crippen LogP contribution in [0.1, 0.15) is 40.0 Å². The fourth-order valence-corrected chi connectivity index (χ4v) is 4.77. The molecule has 1 aliphatic carbocycles. The van der Waals surface area contributed by atoms with E-state index in [4.69, 9.17) is 4.74 Å². The van der Waals surface area contributed by atoms with Gasteiger partial charge < -0.3 is 14.7 Å². The highest BCUT2D eigenvalue weighted by Crippen LogP contribution is 2.35. The van der Waals surface area contributed by atoms with Gasteiger partial charge in [-0.2, -0.15) is 0 Å². The zero-order valence-electron chi connectivity index (χ0n) is 17.7. The summed E-state index contributed by atoms with van der Waals surface area (Å²) < 4.78 is 20.2. The summed E-state index contributed by atoms with van der Waals surface area (Å²) in [5, 5.41) is 10.5. The maximum atomic E-state index is 14.0. The van der Waals surface area contributed by atoms with Gasteiger partial charge in [-0.25, -0.2) is 4.39 Å². The second kappa shape index (κ2) is 10.0. The van der Waals surface area contributed by atoms with E-state index in [-0.39, 0.29) is 11.9 Å². The van der Waals surface area contributed by atoms with Gasteiger partial charge in [-0.1, -0.05) is 39.3 Å². The third kappa shape index (κ3) is 5.68. The van der Waals surface area contributed by atoms with Crippen LogP contribution in [-0.4, -0.2) is 61.5 Å². The van der Waals surface area contributed by atoms with Gasteiger partial charge in [0.1, 0.15) is 5.82 Å². The lowest BCUT2D eigenvalue weighted by molar-refractivity contribution is -0.0740. The Kier molecular flexibility index (Phi) is 7.72. The number of nitrogens with zero attached hydrogens (tertiary/aromatic N) is 2. The van der Waals surface area contributed by atoms with Crippen LogP contribution < -0.4 is 4.90 Å². The molecule has 0 unspecified atom stereocenters. The van der Waals surface area contributed by atoms with Crippen molar-refractivity contribution in [1.29, 1.82) is 0 Å². The van der Waals surface area contributed by atoms with Crippen LogP contribution in [0.15, 0.2) is 24.3 Å². The monoisotopic (exact) mass is 392 g/mol. The molecule has 1 aromatic rings. The van der Waals surface area contributed by atoms with Crippen molar-refractivity contribution in [2.75, 3.05) is 44.2 Å². The highest BCUT2D eigenvalue weighted by atomic mass is 19.1. The summed E-state index contributed by atoms with van der Waals surface area (Å²) in [6.45, 7) is 11.1. The average Bonchev–Trinajstić information content (AvgIpc) is 2.67. The number of β-amino-alcohol motifs (C(OH)–C–C–N with tert-alkyl or cyclic N) is 1. The molecule has 4 nitrogen and oxygen atoms in total. The fraction of sp³-hybridized carbons (Fsp3) is 0.739. The number of hydrogen-bond donors (Lipinski definition) is 1. The van der Waals surface area contributed by atoms with Gasteiger partial charge in [-0.05, 0) is 42.7 Å². The number of ether oxygens (including phenoxy) is 1. The van der Waals surface area contributed by atoms with Crippen molar-refractivity contribution in [3.05, 3.63) is 30.1 Å². The van der Waals surface area contributed by atoms with Crippen LogP contribution in [0, 0.1) is 23.6 Å². The highest BCUT2D eigenvalue weighted by Gasteiger charge is 2.32. The molecular formula is C23H37FN2O2. The van der Waals surface area contributed by atoms with Crippen molar-refractivity contribution < 1.29 is 14.2 Å². The van der Waals surface area contributed by atoms with Crippen molar-refractivity contribution in [3.63, 3.8) is 0 Å². The van der Waals surface area contributed by atoms with E-state index >= 15 is 0 Å². The number of para-hydroxylation sites is 1. The molecule has 2 aliphatic rings. The minimum atomic E-state index is -0.468. The minimum Gasteiger partial charge on any atom is -0.389 e. The van der Waals surface area contributed by atoms with Crippen LogP contribution in [0.4, 0.5) is 10.1 Å². The number of anilines is 1. The van der Waals surface area contributed by atoms with Gasteiger partial charge in [-0.15, -0.1) is 0 Å². The first kappa shape index (κ1) is 21.5. The van der Waals surface area contributed by atoms with Gasteiger partial charge in [0.15, 0.2) is 0 Å². The van der Waals surface area contributed by atoms with Gasteiger partial charge >= 0.3 is 0 Å². The molecule has 1 aromatic carbocycles. The molecule has 3 rings (SSSR count). The Labute approximate surface area is 169 Å². The lowest BCUT2D eigenvalue weighted by Gasteiger charge is -2.39. The second-order valence-corrected chi connectivity index (χ2v) is 9.09. The van der Waals surface area contributed by atoms with E-state index in [1.807, 2.05) is 12.1 Å². The van der Waals surface area contributed by atoms with E-state index in [0.29, 0.717) is 36.6 Å². The second-order valence-electron chi connectivity index (χ2n) is 9.09. The van der Waals surface area contributed by atoms with Crippen LogP contribution in [0.5, 0.6) is 0 Å². The molecule has 2 fully saturated rings. The molecule has 1 saturated carbocycles. The number of benzene rings is 1. The summed E-state index contributed by atoms with van der Waals surface area (Å²) in [6, 6.07) is 6.95. The van der Waals surface area contributed by atoms with Crippen LogP contribution >= 0.6 is 0 Å². The van der Waals surface area contributed by atoms with E-state index in [0.717, 1.165) is 32.6 Å². The molecule has 1 heterocycles. The molecule has 28 heavy (non-hydrogen) atoms. The molecule has 0 spiro atoms.